The Balaban J connectivity index is 1.66. The standard InChI is InChI=1S/C17H22ClN3O3/c1-20-12-4-5-13(20)10-21(8-7-12)17(23)19-11-3-6-14(15(18)9-11)16(22)24-2/h3,6,9,12-13H,4-5,7-8,10H2,1-2H3,(H,19,23)/t12-,13+/m0/s1. The molecular weight excluding hydrogens is 330 g/mol. The van der Waals surface area contributed by atoms with E-state index in [0.29, 0.717) is 17.8 Å². The highest BCUT2D eigenvalue weighted by Gasteiger charge is 2.35. The molecule has 7 heteroatoms. The van der Waals surface area contributed by atoms with Crippen LogP contribution in [0.4, 0.5) is 10.5 Å². The SMILES string of the molecule is COC(=O)c1ccc(NC(=O)N2CC[C@@H]3CC[C@H](C2)N3C)cc1Cl. The van der Waals surface area contributed by atoms with E-state index >= 15 is 0 Å². The van der Waals surface area contributed by atoms with E-state index in [1.807, 2.05) is 4.90 Å². The van der Waals surface area contributed by atoms with Crippen LogP contribution in [0.15, 0.2) is 18.2 Å². The largest absolute Gasteiger partial charge is 0.465 e. The Labute approximate surface area is 146 Å². The molecule has 2 heterocycles. The number of ether oxygens (including phenoxy) is 1. The van der Waals surface area contributed by atoms with Crippen LogP contribution in [-0.2, 0) is 4.74 Å². The maximum Gasteiger partial charge on any atom is 0.339 e. The first kappa shape index (κ1) is 17.0. The summed E-state index contributed by atoms with van der Waals surface area (Å²) >= 11 is 6.10. The van der Waals surface area contributed by atoms with Crippen LogP contribution in [0.1, 0.15) is 29.6 Å². The molecule has 0 aromatic heterocycles. The highest BCUT2D eigenvalue weighted by molar-refractivity contribution is 6.33. The van der Waals surface area contributed by atoms with E-state index in [2.05, 4.69) is 22.0 Å². The summed E-state index contributed by atoms with van der Waals surface area (Å²) in [4.78, 5) is 28.4. The minimum Gasteiger partial charge on any atom is -0.465 e. The molecule has 2 bridgehead atoms. The van der Waals surface area contributed by atoms with Gasteiger partial charge in [0, 0.05) is 30.9 Å². The van der Waals surface area contributed by atoms with Gasteiger partial charge in [-0.25, -0.2) is 9.59 Å². The fourth-order valence-corrected chi connectivity index (χ4v) is 3.82. The van der Waals surface area contributed by atoms with Gasteiger partial charge in [0.05, 0.1) is 17.7 Å². The van der Waals surface area contributed by atoms with E-state index in [1.54, 1.807) is 18.2 Å². The number of urea groups is 1. The molecule has 0 radical (unpaired) electrons. The van der Waals surface area contributed by atoms with Crippen molar-refractivity contribution in [2.75, 3.05) is 32.6 Å². The number of fused-ring (bicyclic) bond motifs is 2. The number of hydrogen-bond acceptors (Lipinski definition) is 4. The zero-order valence-corrected chi connectivity index (χ0v) is 14.7. The van der Waals surface area contributed by atoms with Gasteiger partial charge in [0.2, 0.25) is 0 Å². The third kappa shape index (κ3) is 3.35. The number of anilines is 1. The zero-order valence-electron chi connectivity index (χ0n) is 13.9. The summed E-state index contributed by atoms with van der Waals surface area (Å²) in [7, 11) is 3.45. The fraction of sp³-hybridized carbons (Fsp3) is 0.529. The van der Waals surface area contributed by atoms with E-state index in [0.717, 1.165) is 25.9 Å². The lowest BCUT2D eigenvalue weighted by molar-refractivity contribution is 0.0601. The van der Waals surface area contributed by atoms with Crippen molar-refractivity contribution in [1.82, 2.24) is 9.80 Å². The molecule has 2 amide bonds. The number of carbonyl (C=O) groups is 2. The number of nitrogens with one attached hydrogen (secondary N) is 1. The van der Waals surface area contributed by atoms with Crippen LogP contribution in [0.5, 0.6) is 0 Å². The number of likely N-dealkylation sites (tertiary alicyclic amines) is 1. The Morgan fingerprint density at radius 3 is 2.71 bits per heavy atom. The Kier molecular flexibility index (Phi) is 4.96. The number of likely N-dealkylation sites (N-methyl/N-ethyl adjacent to an activating group) is 1. The first-order valence-corrected chi connectivity index (χ1v) is 8.53. The summed E-state index contributed by atoms with van der Waals surface area (Å²) < 4.78 is 4.66. The summed E-state index contributed by atoms with van der Waals surface area (Å²) in [5.74, 6) is -0.496. The minimum absolute atomic E-state index is 0.127. The number of benzene rings is 1. The van der Waals surface area contributed by atoms with Gasteiger partial charge in [0.15, 0.2) is 0 Å². The molecule has 6 nitrogen and oxygen atoms in total. The topological polar surface area (TPSA) is 61.9 Å². The van der Waals surface area contributed by atoms with Crippen LogP contribution in [0.2, 0.25) is 5.02 Å². The van der Waals surface area contributed by atoms with Crippen molar-refractivity contribution in [1.29, 1.82) is 0 Å². The lowest BCUT2D eigenvalue weighted by Gasteiger charge is -2.26. The molecule has 1 aromatic rings. The Bertz CT molecular complexity index is 652. The molecule has 0 aliphatic carbocycles. The molecule has 130 valence electrons. The van der Waals surface area contributed by atoms with Gasteiger partial charge in [-0.2, -0.15) is 0 Å². The summed E-state index contributed by atoms with van der Waals surface area (Å²) in [6, 6.07) is 5.68. The number of nitrogens with zero attached hydrogens (tertiary/aromatic N) is 2. The van der Waals surface area contributed by atoms with E-state index in [-0.39, 0.29) is 16.6 Å². The van der Waals surface area contributed by atoms with Crippen molar-refractivity contribution < 1.29 is 14.3 Å². The maximum absolute atomic E-state index is 12.6. The predicted octanol–water partition coefficient (Wildman–Crippen LogP) is 2.83. The minimum atomic E-state index is -0.496. The van der Waals surface area contributed by atoms with Gasteiger partial charge in [-0.15, -0.1) is 0 Å². The Morgan fingerprint density at radius 1 is 1.25 bits per heavy atom. The van der Waals surface area contributed by atoms with Crippen molar-refractivity contribution in [2.45, 2.75) is 31.3 Å². The van der Waals surface area contributed by atoms with Crippen LogP contribution < -0.4 is 5.32 Å². The number of methoxy groups -OCH3 is 1. The molecular formula is C17H22ClN3O3. The molecule has 2 fully saturated rings. The molecule has 2 aliphatic heterocycles. The van der Waals surface area contributed by atoms with Crippen molar-refractivity contribution in [3.63, 3.8) is 0 Å². The molecule has 0 saturated carbocycles. The third-order valence-corrected chi connectivity index (χ3v) is 5.37. The molecule has 1 aromatic carbocycles. The lowest BCUT2D eigenvalue weighted by Crippen LogP contribution is -2.41. The average molecular weight is 352 g/mol. The van der Waals surface area contributed by atoms with Gasteiger partial charge in [-0.05, 0) is 44.5 Å². The van der Waals surface area contributed by atoms with E-state index in [9.17, 15) is 9.59 Å². The monoisotopic (exact) mass is 351 g/mol. The second-order valence-electron chi connectivity index (χ2n) is 6.40. The molecule has 2 aliphatic rings. The molecule has 1 N–H and O–H groups in total. The lowest BCUT2D eigenvalue weighted by atomic mass is 10.1. The van der Waals surface area contributed by atoms with Crippen LogP contribution >= 0.6 is 11.6 Å². The van der Waals surface area contributed by atoms with Crippen LogP contribution in [0.3, 0.4) is 0 Å². The number of halogens is 1. The van der Waals surface area contributed by atoms with Gasteiger partial charge in [0.25, 0.3) is 0 Å². The van der Waals surface area contributed by atoms with Crippen molar-refractivity contribution in [2.24, 2.45) is 0 Å². The van der Waals surface area contributed by atoms with Crippen LogP contribution in [0.25, 0.3) is 0 Å². The van der Waals surface area contributed by atoms with Gasteiger partial charge in [-0.1, -0.05) is 11.6 Å². The number of carbonyl (C=O) groups excluding carboxylic acids is 2. The summed E-state index contributed by atoms with van der Waals surface area (Å²) in [5.41, 5.74) is 0.853. The Morgan fingerprint density at radius 2 is 2.00 bits per heavy atom. The highest BCUT2D eigenvalue weighted by Crippen LogP contribution is 2.29. The average Bonchev–Trinajstić information content (AvgIpc) is 2.79. The quantitative estimate of drug-likeness (QED) is 0.832. The van der Waals surface area contributed by atoms with Crippen LogP contribution in [0, 0.1) is 0 Å². The van der Waals surface area contributed by atoms with Crippen molar-refractivity contribution in [3.05, 3.63) is 28.8 Å². The highest BCUT2D eigenvalue weighted by atomic mass is 35.5. The van der Waals surface area contributed by atoms with Gasteiger partial charge in [0.1, 0.15) is 0 Å². The predicted molar refractivity (Wildman–Crippen MR) is 92.6 cm³/mol. The molecule has 2 saturated heterocycles. The smallest absolute Gasteiger partial charge is 0.339 e. The molecule has 0 unspecified atom stereocenters. The van der Waals surface area contributed by atoms with Crippen LogP contribution in [-0.4, -0.2) is 61.1 Å². The first-order valence-electron chi connectivity index (χ1n) is 8.15. The summed E-state index contributed by atoms with van der Waals surface area (Å²) in [6.45, 7) is 1.50. The molecule has 0 spiro atoms. The molecule has 24 heavy (non-hydrogen) atoms. The number of hydrogen-bond donors (Lipinski definition) is 1. The third-order valence-electron chi connectivity index (χ3n) is 5.06. The van der Waals surface area contributed by atoms with Gasteiger partial charge in [-0.3, -0.25) is 4.90 Å². The first-order chi connectivity index (χ1) is 11.5. The van der Waals surface area contributed by atoms with Gasteiger partial charge < -0.3 is 15.0 Å². The Hall–Kier alpha value is -1.79. The number of amides is 2. The molecule has 2 atom stereocenters. The van der Waals surface area contributed by atoms with Crippen molar-refractivity contribution >= 4 is 29.3 Å². The summed E-state index contributed by atoms with van der Waals surface area (Å²) in [5, 5.41) is 3.13. The van der Waals surface area contributed by atoms with Gasteiger partial charge >= 0.3 is 12.0 Å². The molecule has 3 rings (SSSR count). The number of esters is 1. The second kappa shape index (κ2) is 6.99. The second-order valence-corrected chi connectivity index (χ2v) is 6.81. The normalized spacial score (nSPS) is 23.7. The maximum atomic E-state index is 12.6. The van der Waals surface area contributed by atoms with Crippen molar-refractivity contribution in [3.8, 4) is 0 Å². The zero-order chi connectivity index (χ0) is 17.3. The van der Waals surface area contributed by atoms with E-state index in [4.69, 9.17) is 11.6 Å². The van der Waals surface area contributed by atoms with E-state index < -0.39 is 5.97 Å². The number of rotatable bonds is 2. The van der Waals surface area contributed by atoms with E-state index in [1.165, 1.54) is 13.5 Å². The summed E-state index contributed by atoms with van der Waals surface area (Å²) in [6.07, 6.45) is 3.37. The fourth-order valence-electron chi connectivity index (χ4n) is 3.56.